The van der Waals surface area contributed by atoms with Crippen molar-refractivity contribution in [1.82, 2.24) is 0 Å². The molecular formula is C14H26N2O4. The lowest BCUT2D eigenvalue weighted by molar-refractivity contribution is -0.142. The van der Waals surface area contributed by atoms with Crippen molar-refractivity contribution in [2.75, 3.05) is 26.3 Å². The van der Waals surface area contributed by atoms with Crippen LogP contribution in [0.1, 0.15) is 39.5 Å². The van der Waals surface area contributed by atoms with Gasteiger partial charge in [0.1, 0.15) is 0 Å². The molecule has 0 heterocycles. The van der Waals surface area contributed by atoms with Crippen molar-refractivity contribution in [3.05, 3.63) is 11.1 Å². The lowest BCUT2D eigenvalue weighted by atomic mass is 9.99. The Kier molecular flexibility index (Phi) is 10.6. The van der Waals surface area contributed by atoms with Crippen LogP contribution in [0.5, 0.6) is 0 Å². The molecule has 0 unspecified atom stereocenters. The van der Waals surface area contributed by atoms with Crippen LogP contribution in [-0.2, 0) is 19.1 Å². The maximum Gasteiger partial charge on any atom is 0.334 e. The molecule has 0 bridgehead atoms. The zero-order chi connectivity index (χ0) is 15.4. The van der Waals surface area contributed by atoms with Crippen LogP contribution < -0.4 is 11.5 Å². The van der Waals surface area contributed by atoms with Gasteiger partial charge in [-0.05, 0) is 52.6 Å². The topological polar surface area (TPSA) is 105 Å². The minimum atomic E-state index is -0.471. The van der Waals surface area contributed by atoms with Crippen LogP contribution in [0.15, 0.2) is 11.1 Å². The zero-order valence-electron chi connectivity index (χ0n) is 12.4. The molecule has 6 heteroatoms. The Hall–Kier alpha value is -1.40. The van der Waals surface area contributed by atoms with Crippen LogP contribution in [0.4, 0.5) is 0 Å². The van der Waals surface area contributed by atoms with Crippen LogP contribution >= 0.6 is 0 Å². The summed E-state index contributed by atoms with van der Waals surface area (Å²) in [6.07, 6.45) is 2.04. The van der Waals surface area contributed by atoms with E-state index in [1.54, 1.807) is 13.8 Å². The van der Waals surface area contributed by atoms with Crippen LogP contribution in [-0.4, -0.2) is 38.2 Å². The third kappa shape index (κ3) is 6.68. The Bertz CT molecular complexity index is 308. The number of rotatable bonds is 10. The molecule has 0 rings (SSSR count). The highest BCUT2D eigenvalue weighted by Gasteiger charge is 2.22. The summed E-state index contributed by atoms with van der Waals surface area (Å²) >= 11 is 0. The molecule has 0 aliphatic carbocycles. The van der Waals surface area contributed by atoms with Gasteiger partial charge in [-0.1, -0.05) is 0 Å². The molecule has 0 spiro atoms. The average molecular weight is 286 g/mol. The van der Waals surface area contributed by atoms with E-state index in [1.165, 1.54) is 0 Å². The standard InChI is InChI=1S/C14H26N2O4/c1-3-19-13(17)11(7-5-9-15)12(8-6-10-16)14(18)20-4-2/h3-10,15-16H2,1-2H3. The second-order valence-corrected chi connectivity index (χ2v) is 4.18. The van der Waals surface area contributed by atoms with Crippen LogP contribution in [0, 0.1) is 0 Å². The minimum absolute atomic E-state index is 0.262. The Balaban J connectivity index is 5.31. The third-order valence-corrected chi connectivity index (χ3v) is 2.67. The van der Waals surface area contributed by atoms with E-state index in [0.717, 1.165) is 0 Å². The van der Waals surface area contributed by atoms with Crippen molar-refractivity contribution in [1.29, 1.82) is 0 Å². The molecule has 0 atom stereocenters. The highest BCUT2D eigenvalue weighted by atomic mass is 16.5. The molecule has 0 fully saturated rings. The Labute approximate surface area is 120 Å². The van der Waals surface area contributed by atoms with Gasteiger partial charge in [0.15, 0.2) is 0 Å². The largest absolute Gasteiger partial charge is 0.463 e. The number of nitrogens with two attached hydrogens (primary N) is 2. The van der Waals surface area contributed by atoms with Crippen molar-refractivity contribution in [3.63, 3.8) is 0 Å². The highest BCUT2D eigenvalue weighted by molar-refractivity contribution is 6.00. The fourth-order valence-electron chi connectivity index (χ4n) is 1.75. The van der Waals surface area contributed by atoms with Gasteiger partial charge in [-0.15, -0.1) is 0 Å². The summed E-state index contributed by atoms with van der Waals surface area (Å²) < 4.78 is 10.0. The molecular weight excluding hydrogens is 260 g/mol. The van der Waals surface area contributed by atoms with E-state index in [0.29, 0.717) is 49.9 Å². The summed E-state index contributed by atoms with van der Waals surface area (Å²) in [6, 6.07) is 0. The second-order valence-electron chi connectivity index (χ2n) is 4.18. The van der Waals surface area contributed by atoms with Gasteiger partial charge >= 0.3 is 11.9 Å². The fraction of sp³-hybridized carbons (Fsp3) is 0.714. The summed E-state index contributed by atoms with van der Waals surface area (Å²) in [5.74, 6) is -0.943. The van der Waals surface area contributed by atoms with Crippen LogP contribution in [0.2, 0.25) is 0 Å². The van der Waals surface area contributed by atoms with Crippen LogP contribution in [0.3, 0.4) is 0 Å². The van der Waals surface area contributed by atoms with Gasteiger partial charge in [0.2, 0.25) is 0 Å². The van der Waals surface area contributed by atoms with Gasteiger partial charge < -0.3 is 20.9 Å². The van der Waals surface area contributed by atoms with Gasteiger partial charge in [0.25, 0.3) is 0 Å². The molecule has 0 saturated carbocycles. The molecule has 20 heavy (non-hydrogen) atoms. The van der Waals surface area contributed by atoms with E-state index in [1.807, 2.05) is 0 Å². The Morgan fingerprint density at radius 2 is 1.15 bits per heavy atom. The quantitative estimate of drug-likeness (QED) is 0.456. The first kappa shape index (κ1) is 18.6. The Morgan fingerprint density at radius 1 is 0.800 bits per heavy atom. The fourth-order valence-corrected chi connectivity index (χ4v) is 1.75. The van der Waals surface area contributed by atoms with E-state index in [2.05, 4.69) is 0 Å². The van der Waals surface area contributed by atoms with Gasteiger partial charge in [-0.25, -0.2) is 9.59 Å². The maximum atomic E-state index is 12.0. The number of ether oxygens (including phenoxy) is 2. The van der Waals surface area contributed by atoms with Gasteiger partial charge in [-0.2, -0.15) is 0 Å². The first-order valence-electron chi connectivity index (χ1n) is 7.08. The monoisotopic (exact) mass is 286 g/mol. The first-order valence-corrected chi connectivity index (χ1v) is 7.08. The first-order chi connectivity index (χ1) is 9.62. The number of carbonyl (C=O) groups excluding carboxylic acids is 2. The third-order valence-electron chi connectivity index (χ3n) is 2.67. The molecule has 0 aliphatic rings. The number of carbonyl (C=O) groups is 2. The summed E-state index contributed by atoms with van der Waals surface area (Å²) in [5, 5.41) is 0. The van der Waals surface area contributed by atoms with E-state index in [-0.39, 0.29) is 13.2 Å². The van der Waals surface area contributed by atoms with Crippen molar-refractivity contribution in [2.45, 2.75) is 39.5 Å². The molecule has 0 aromatic heterocycles. The predicted octanol–water partition coefficient (Wildman–Crippen LogP) is 0.887. The van der Waals surface area contributed by atoms with Gasteiger partial charge in [0.05, 0.1) is 13.2 Å². The summed E-state index contributed by atoms with van der Waals surface area (Å²) in [7, 11) is 0. The molecule has 0 aliphatic heterocycles. The molecule has 0 aromatic rings. The smallest absolute Gasteiger partial charge is 0.334 e. The van der Waals surface area contributed by atoms with Crippen molar-refractivity contribution in [3.8, 4) is 0 Å². The lowest BCUT2D eigenvalue weighted by Crippen LogP contribution is -2.18. The average Bonchev–Trinajstić information content (AvgIpc) is 2.42. The normalized spacial score (nSPS) is 11.8. The molecule has 4 N–H and O–H groups in total. The van der Waals surface area contributed by atoms with Crippen LogP contribution in [0.25, 0.3) is 0 Å². The molecule has 0 amide bonds. The highest BCUT2D eigenvalue weighted by Crippen LogP contribution is 2.19. The van der Waals surface area contributed by atoms with E-state index in [4.69, 9.17) is 20.9 Å². The lowest BCUT2D eigenvalue weighted by Gasteiger charge is -2.13. The Morgan fingerprint density at radius 3 is 1.40 bits per heavy atom. The molecule has 6 nitrogen and oxygen atoms in total. The van der Waals surface area contributed by atoms with Crippen molar-refractivity contribution < 1.29 is 19.1 Å². The molecule has 0 radical (unpaired) electrons. The number of esters is 2. The number of hydrogen-bond acceptors (Lipinski definition) is 6. The SMILES string of the molecule is CCOC(=O)C(CCCN)=C(CCCN)C(=O)OCC. The summed E-state index contributed by atoms with van der Waals surface area (Å²) in [5.41, 5.74) is 11.7. The van der Waals surface area contributed by atoms with E-state index >= 15 is 0 Å². The second kappa shape index (κ2) is 11.4. The predicted molar refractivity (Wildman–Crippen MR) is 76.9 cm³/mol. The number of hydrogen-bond donors (Lipinski definition) is 2. The molecule has 0 saturated heterocycles. The van der Waals surface area contributed by atoms with E-state index < -0.39 is 11.9 Å². The molecule has 116 valence electrons. The zero-order valence-corrected chi connectivity index (χ0v) is 12.4. The van der Waals surface area contributed by atoms with Crippen molar-refractivity contribution >= 4 is 11.9 Å². The summed E-state index contributed by atoms with van der Waals surface area (Å²) in [6.45, 7) is 4.85. The summed E-state index contributed by atoms with van der Waals surface area (Å²) in [4.78, 5) is 24.0. The van der Waals surface area contributed by atoms with E-state index in [9.17, 15) is 9.59 Å². The molecule has 0 aromatic carbocycles. The maximum absolute atomic E-state index is 12.0. The van der Waals surface area contributed by atoms with Crippen molar-refractivity contribution in [2.24, 2.45) is 11.5 Å². The van der Waals surface area contributed by atoms with Gasteiger partial charge in [0, 0.05) is 11.1 Å². The van der Waals surface area contributed by atoms with Gasteiger partial charge in [-0.3, -0.25) is 0 Å². The minimum Gasteiger partial charge on any atom is -0.463 e.